The summed E-state index contributed by atoms with van der Waals surface area (Å²) in [6.07, 6.45) is 10.9. The summed E-state index contributed by atoms with van der Waals surface area (Å²) in [5.74, 6) is 2.21. The molecule has 1 N–H and O–H groups in total. The van der Waals surface area contributed by atoms with E-state index in [0.717, 1.165) is 30.8 Å². The van der Waals surface area contributed by atoms with Gasteiger partial charge in [-0.05, 0) is 48.2 Å². The molecule has 2 aromatic rings. The van der Waals surface area contributed by atoms with Crippen molar-refractivity contribution >= 4 is 0 Å². The van der Waals surface area contributed by atoms with Crippen LogP contribution >= 0.6 is 0 Å². The van der Waals surface area contributed by atoms with E-state index < -0.39 is 0 Å². The van der Waals surface area contributed by atoms with Gasteiger partial charge in [-0.3, -0.25) is 0 Å². The highest BCUT2D eigenvalue weighted by Crippen LogP contribution is 2.32. The van der Waals surface area contributed by atoms with Gasteiger partial charge in [-0.2, -0.15) is 0 Å². The first-order chi connectivity index (χ1) is 13.8. The van der Waals surface area contributed by atoms with E-state index in [1.807, 2.05) is 0 Å². The van der Waals surface area contributed by atoms with Gasteiger partial charge in [0.15, 0.2) is 0 Å². The van der Waals surface area contributed by atoms with Crippen molar-refractivity contribution in [1.82, 2.24) is 0 Å². The first-order valence-corrected chi connectivity index (χ1v) is 10.7. The van der Waals surface area contributed by atoms with Gasteiger partial charge >= 0.3 is 0 Å². The van der Waals surface area contributed by atoms with E-state index in [1.165, 1.54) is 49.7 Å². The normalized spacial score (nSPS) is 11.0. The third kappa shape index (κ3) is 7.55. The molecule has 0 aromatic heterocycles. The van der Waals surface area contributed by atoms with Gasteiger partial charge < -0.3 is 14.6 Å². The van der Waals surface area contributed by atoms with E-state index in [4.69, 9.17) is 14.6 Å². The van der Waals surface area contributed by atoms with Crippen LogP contribution in [-0.2, 0) is 0 Å². The van der Waals surface area contributed by atoms with Crippen molar-refractivity contribution in [2.75, 3.05) is 20.8 Å². The van der Waals surface area contributed by atoms with Crippen LogP contribution in [0.3, 0.4) is 0 Å². The summed E-state index contributed by atoms with van der Waals surface area (Å²) < 4.78 is 10.6. The lowest BCUT2D eigenvalue weighted by Gasteiger charge is -2.19. The van der Waals surface area contributed by atoms with Crippen LogP contribution in [0.4, 0.5) is 0 Å². The molecule has 0 aliphatic carbocycles. The molecule has 0 heterocycles. The standard InChI is InChI=1S/C25H36O3/c1-27-23-16-12-21(13-17-23)25(22-14-18-24(28-2)19-15-22)11-9-7-5-3-4-6-8-10-20-26/h12-19,25-26H,3-11,20H2,1-2H3. The number of rotatable bonds is 14. The number of hydrogen-bond acceptors (Lipinski definition) is 3. The third-order valence-corrected chi connectivity index (χ3v) is 5.44. The lowest BCUT2D eigenvalue weighted by molar-refractivity contribution is 0.282. The van der Waals surface area contributed by atoms with Crippen LogP contribution in [0.1, 0.15) is 74.8 Å². The van der Waals surface area contributed by atoms with Gasteiger partial charge in [-0.25, -0.2) is 0 Å². The Hall–Kier alpha value is -2.00. The Balaban J connectivity index is 1.89. The Morgan fingerprint density at radius 2 is 1.00 bits per heavy atom. The number of hydrogen-bond donors (Lipinski definition) is 1. The highest BCUT2D eigenvalue weighted by atomic mass is 16.5. The Labute approximate surface area is 170 Å². The second-order valence-corrected chi connectivity index (χ2v) is 7.44. The van der Waals surface area contributed by atoms with Crippen LogP contribution in [0.5, 0.6) is 11.5 Å². The number of unbranched alkanes of at least 4 members (excludes halogenated alkanes) is 7. The van der Waals surface area contributed by atoms with Crippen molar-refractivity contribution in [3.05, 3.63) is 59.7 Å². The molecule has 2 rings (SSSR count). The van der Waals surface area contributed by atoms with E-state index in [-0.39, 0.29) is 0 Å². The molecule has 0 spiro atoms. The van der Waals surface area contributed by atoms with Crippen LogP contribution in [-0.4, -0.2) is 25.9 Å². The number of aliphatic hydroxyl groups is 1. The first-order valence-electron chi connectivity index (χ1n) is 10.7. The minimum atomic E-state index is 0.331. The van der Waals surface area contributed by atoms with Gasteiger partial charge in [0.25, 0.3) is 0 Å². The summed E-state index contributed by atoms with van der Waals surface area (Å²) in [4.78, 5) is 0. The molecule has 0 saturated carbocycles. The molecule has 0 aliphatic heterocycles. The molecule has 28 heavy (non-hydrogen) atoms. The fourth-order valence-electron chi connectivity index (χ4n) is 3.72. The van der Waals surface area contributed by atoms with Gasteiger partial charge in [0.1, 0.15) is 11.5 Å². The Bertz CT molecular complexity index is 586. The fourth-order valence-corrected chi connectivity index (χ4v) is 3.72. The molecule has 0 saturated heterocycles. The molecule has 0 amide bonds. The van der Waals surface area contributed by atoms with Crippen LogP contribution in [0, 0.1) is 0 Å². The molecule has 2 aromatic carbocycles. The molecule has 0 aliphatic rings. The fraction of sp³-hybridized carbons (Fsp3) is 0.520. The van der Waals surface area contributed by atoms with Crippen LogP contribution in [0.2, 0.25) is 0 Å². The summed E-state index contributed by atoms with van der Waals surface area (Å²) >= 11 is 0. The summed E-state index contributed by atoms with van der Waals surface area (Å²) in [5.41, 5.74) is 2.69. The smallest absolute Gasteiger partial charge is 0.118 e. The number of benzene rings is 2. The summed E-state index contributed by atoms with van der Waals surface area (Å²) in [6.45, 7) is 0.331. The van der Waals surface area contributed by atoms with Crippen LogP contribution in [0.25, 0.3) is 0 Å². The average Bonchev–Trinajstić information content (AvgIpc) is 2.75. The van der Waals surface area contributed by atoms with Crippen molar-refractivity contribution < 1.29 is 14.6 Å². The lowest BCUT2D eigenvalue weighted by Crippen LogP contribution is -2.02. The van der Waals surface area contributed by atoms with E-state index in [0.29, 0.717) is 12.5 Å². The van der Waals surface area contributed by atoms with Gasteiger partial charge in [0.05, 0.1) is 14.2 Å². The van der Waals surface area contributed by atoms with Gasteiger partial charge in [0, 0.05) is 12.5 Å². The lowest BCUT2D eigenvalue weighted by atomic mass is 9.86. The first kappa shape index (κ1) is 22.3. The summed E-state index contributed by atoms with van der Waals surface area (Å²) in [7, 11) is 3.42. The molecule has 0 fully saturated rings. The minimum absolute atomic E-state index is 0.331. The SMILES string of the molecule is COc1ccc(C(CCCCCCCCCCO)c2ccc(OC)cc2)cc1. The van der Waals surface area contributed by atoms with Crippen LogP contribution < -0.4 is 9.47 Å². The zero-order valence-electron chi connectivity index (χ0n) is 17.5. The van der Waals surface area contributed by atoms with Gasteiger partial charge in [-0.15, -0.1) is 0 Å². The monoisotopic (exact) mass is 384 g/mol. The Kier molecular flexibility index (Phi) is 10.5. The second kappa shape index (κ2) is 13.2. The Morgan fingerprint density at radius 1 is 0.607 bits per heavy atom. The van der Waals surface area contributed by atoms with E-state index in [1.54, 1.807) is 14.2 Å². The zero-order chi connectivity index (χ0) is 20.0. The minimum Gasteiger partial charge on any atom is -0.497 e. The van der Waals surface area contributed by atoms with Gasteiger partial charge in [-0.1, -0.05) is 69.2 Å². The molecule has 0 atom stereocenters. The number of ether oxygens (including phenoxy) is 2. The topological polar surface area (TPSA) is 38.7 Å². The van der Waals surface area contributed by atoms with Crippen molar-refractivity contribution in [1.29, 1.82) is 0 Å². The second-order valence-electron chi connectivity index (χ2n) is 7.44. The number of aliphatic hydroxyl groups excluding tert-OH is 1. The van der Waals surface area contributed by atoms with Crippen LogP contribution in [0.15, 0.2) is 48.5 Å². The zero-order valence-corrected chi connectivity index (χ0v) is 17.5. The van der Waals surface area contributed by atoms with Crippen molar-refractivity contribution in [2.45, 2.75) is 63.7 Å². The molecule has 0 unspecified atom stereocenters. The predicted octanol–water partition coefficient (Wildman–Crippen LogP) is 6.34. The molecular formula is C25H36O3. The van der Waals surface area contributed by atoms with Crippen molar-refractivity contribution in [3.63, 3.8) is 0 Å². The maximum Gasteiger partial charge on any atom is 0.118 e. The third-order valence-electron chi connectivity index (χ3n) is 5.44. The van der Waals surface area contributed by atoms with E-state index in [2.05, 4.69) is 48.5 Å². The molecular weight excluding hydrogens is 348 g/mol. The molecule has 3 heteroatoms. The molecule has 154 valence electrons. The largest absolute Gasteiger partial charge is 0.497 e. The average molecular weight is 385 g/mol. The van der Waals surface area contributed by atoms with Gasteiger partial charge in [0.2, 0.25) is 0 Å². The van der Waals surface area contributed by atoms with E-state index >= 15 is 0 Å². The highest BCUT2D eigenvalue weighted by molar-refractivity contribution is 5.38. The van der Waals surface area contributed by atoms with E-state index in [9.17, 15) is 0 Å². The molecule has 0 bridgehead atoms. The maximum absolute atomic E-state index is 8.82. The highest BCUT2D eigenvalue weighted by Gasteiger charge is 2.14. The van der Waals surface area contributed by atoms with Crippen molar-refractivity contribution in [2.24, 2.45) is 0 Å². The number of methoxy groups -OCH3 is 2. The molecule has 3 nitrogen and oxygen atoms in total. The maximum atomic E-state index is 8.82. The summed E-state index contributed by atoms with van der Waals surface area (Å²) in [5, 5.41) is 8.82. The Morgan fingerprint density at radius 3 is 1.39 bits per heavy atom. The molecule has 0 radical (unpaired) electrons. The predicted molar refractivity (Wildman–Crippen MR) is 116 cm³/mol. The quantitative estimate of drug-likeness (QED) is 0.386. The summed E-state index contributed by atoms with van der Waals surface area (Å²) in [6, 6.07) is 17.0. The van der Waals surface area contributed by atoms with Crippen molar-refractivity contribution in [3.8, 4) is 11.5 Å².